The van der Waals surface area contributed by atoms with Crippen LogP contribution >= 0.6 is 11.8 Å². The lowest BCUT2D eigenvalue weighted by Gasteiger charge is -2.09. The third kappa shape index (κ3) is 2.96. The molecule has 1 unspecified atom stereocenters. The molecule has 21 heavy (non-hydrogen) atoms. The van der Waals surface area contributed by atoms with Gasteiger partial charge in [0.2, 0.25) is 0 Å². The van der Waals surface area contributed by atoms with Crippen molar-refractivity contribution in [2.45, 2.75) is 35.7 Å². The first-order valence-corrected chi connectivity index (χ1v) is 7.87. The molecule has 6 heteroatoms. The van der Waals surface area contributed by atoms with Gasteiger partial charge in [-0.25, -0.2) is 4.98 Å². The van der Waals surface area contributed by atoms with Crippen LogP contribution in [0.4, 0.5) is 0 Å². The predicted octanol–water partition coefficient (Wildman–Crippen LogP) is 2.50. The maximum absolute atomic E-state index is 6.15. The molecule has 5 nitrogen and oxygen atoms in total. The average Bonchev–Trinajstić information content (AvgIpc) is 3.04. The minimum atomic E-state index is 0.151. The Hall–Kier alpha value is -1.79. The smallest absolute Gasteiger partial charge is 0.138 e. The molecule has 0 aliphatic rings. The van der Waals surface area contributed by atoms with Crippen molar-refractivity contribution in [1.29, 1.82) is 0 Å². The van der Waals surface area contributed by atoms with Crippen molar-refractivity contribution in [3.63, 3.8) is 0 Å². The fraction of sp³-hybridized carbons (Fsp3) is 0.333. The van der Waals surface area contributed by atoms with Crippen LogP contribution in [0, 0.1) is 0 Å². The summed E-state index contributed by atoms with van der Waals surface area (Å²) in [6.07, 6.45) is 7.69. The minimum absolute atomic E-state index is 0.151. The second kappa shape index (κ2) is 5.91. The molecule has 110 valence electrons. The van der Waals surface area contributed by atoms with E-state index in [1.807, 2.05) is 43.8 Å². The molecule has 1 atom stereocenters. The van der Waals surface area contributed by atoms with Crippen molar-refractivity contribution in [1.82, 2.24) is 19.2 Å². The Kier molecular flexibility index (Phi) is 3.98. The van der Waals surface area contributed by atoms with Crippen molar-refractivity contribution in [3.8, 4) is 0 Å². The van der Waals surface area contributed by atoms with Crippen LogP contribution in [0.15, 0.2) is 46.7 Å². The molecule has 0 bridgehead atoms. The standard InChI is InChI=1S/C15H19N5S/c1-3-11(16)8-13-15(21-12-9-17-19(2)10-12)18-14-6-4-5-7-20(13)14/h4-7,9-11H,3,8,16H2,1-2H3. The Morgan fingerprint density at radius 1 is 1.38 bits per heavy atom. The zero-order valence-corrected chi connectivity index (χ0v) is 13.0. The maximum atomic E-state index is 6.15. The summed E-state index contributed by atoms with van der Waals surface area (Å²) in [5.74, 6) is 0. The highest BCUT2D eigenvalue weighted by Crippen LogP contribution is 2.30. The van der Waals surface area contributed by atoms with Crippen molar-refractivity contribution < 1.29 is 0 Å². The number of hydrogen-bond donors (Lipinski definition) is 1. The van der Waals surface area contributed by atoms with E-state index in [-0.39, 0.29) is 6.04 Å². The molecule has 0 spiro atoms. The molecular weight excluding hydrogens is 282 g/mol. The summed E-state index contributed by atoms with van der Waals surface area (Å²) in [6, 6.07) is 6.20. The van der Waals surface area contributed by atoms with Gasteiger partial charge >= 0.3 is 0 Å². The monoisotopic (exact) mass is 301 g/mol. The molecule has 3 aromatic heterocycles. The highest BCUT2D eigenvalue weighted by atomic mass is 32.2. The highest BCUT2D eigenvalue weighted by Gasteiger charge is 2.16. The summed E-state index contributed by atoms with van der Waals surface area (Å²) in [5, 5.41) is 5.22. The number of aromatic nitrogens is 4. The van der Waals surface area contributed by atoms with Crippen LogP contribution in [-0.4, -0.2) is 25.2 Å². The Bertz CT molecular complexity index is 745. The van der Waals surface area contributed by atoms with Crippen LogP contribution < -0.4 is 5.73 Å². The summed E-state index contributed by atoms with van der Waals surface area (Å²) in [7, 11) is 1.92. The number of rotatable bonds is 5. The van der Waals surface area contributed by atoms with Gasteiger partial charge in [-0.15, -0.1) is 0 Å². The third-order valence-electron chi connectivity index (χ3n) is 3.47. The van der Waals surface area contributed by atoms with Gasteiger partial charge in [-0.2, -0.15) is 5.10 Å². The third-order valence-corrected chi connectivity index (χ3v) is 4.43. The highest BCUT2D eigenvalue weighted by molar-refractivity contribution is 7.99. The van der Waals surface area contributed by atoms with Crippen LogP contribution in [0.3, 0.4) is 0 Å². The van der Waals surface area contributed by atoms with E-state index in [1.165, 1.54) is 5.69 Å². The first-order chi connectivity index (χ1) is 10.2. The van der Waals surface area contributed by atoms with E-state index in [1.54, 1.807) is 16.4 Å². The lowest BCUT2D eigenvalue weighted by atomic mass is 10.1. The Morgan fingerprint density at radius 3 is 2.95 bits per heavy atom. The van der Waals surface area contributed by atoms with Gasteiger partial charge in [0.05, 0.1) is 16.8 Å². The van der Waals surface area contributed by atoms with Gasteiger partial charge in [-0.3, -0.25) is 4.68 Å². The van der Waals surface area contributed by atoms with E-state index < -0.39 is 0 Å². The summed E-state index contributed by atoms with van der Waals surface area (Å²) in [6.45, 7) is 2.11. The van der Waals surface area contributed by atoms with Gasteiger partial charge in [-0.05, 0) is 18.6 Å². The molecule has 0 radical (unpaired) electrons. The number of hydrogen-bond acceptors (Lipinski definition) is 4. The van der Waals surface area contributed by atoms with Crippen molar-refractivity contribution >= 4 is 17.4 Å². The lowest BCUT2D eigenvalue weighted by molar-refractivity contribution is 0.627. The van der Waals surface area contributed by atoms with Gasteiger partial charge < -0.3 is 10.1 Å². The normalized spacial score (nSPS) is 12.9. The second-order valence-corrected chi connectivity index (χ2v) is 6.18. The Morgan fingerprint density at radius 2 is 2.24 bits per heavy atom. The molecule has 2 N–H and O–H groups in total. The summed E-state index contributed by atoms with van der Waals surface area (Å²) >= 11 is 1.64. The topological polar surface area (TPSA) is 61.1 Å². The van der Waals surface area contributed by atoms with E-state index in [9.17, 15) is 0 Å². The first-order valence-electron chi connectivity index (χ1n) is 7.05. The summed E-state index contributed by atoms with van der Waals surface area (Å²) in [5.41, 5.74) is 8.29. The predicted molar refractivity (Wildman–Crippen MR) is 84.5 cm³/mol. The zero-order chi connectivity index (χ0) is 14.8. The molecule has 3 rings (SSSR count). The summed E-state index contributed by atoms with van der Waals surface area (Å²) < 4.78 is 3.93. The molecule has 0 saturated heterocycles. The van der Waals surface area contributed by atoms with E-state index >= 15 is 0 Å². The molecule has 0 aliphatic carbocycles. The van der Waals surface area contributed by atoms with E-state index in [2.05, 4.69) is 16.4 Å². The van der Waals surface area contributed by atoms with Crippen LogP contribution in [-0.2, 0) is 13.5 Å². The number of pyridine rings is 1. The second-order valence-electron chi connectivity index (χ2n) is 5.12. The van der Waals surface area contributed by atoms with Crippen LogP contribution in [0.5, 0.6) is 0 Å². The number of nitrogens with two attached hydrogens (primary N) is 1. The van der Waals surface area contributed by atoms with Crippen LogP contribution in [0.25, 0.3) is 5.65 Å². The van der Waals surface area contributed by atoms with Crippen LogP contribution in [0.2, 0.25) is 0 Å². The Balaban J connectivity index is 2.01. The van der Waals surface area contributed by atoms with Crippen molar-refractivity contribution in [2.24, 2.45) is 12.8 Å². The minimum Gasteiger partial charge on any atom is -0.327 e. The van der Waals surface area contributed by atoms with E-state index in [4.69, 9.17) is 10.7 Å². The van der Waals surface area contributed by atoms with Crippen molar-refractivity contribution in [3.05, 3.63) is 42.5 Å². The maximum Gasteiger partial charge on any atom is 0.138 e. The largest absolute Gasteiger partial charge is 0.327 e. The first kappa shape index (κ1) is 14.2. The van der Waals surface area contributed by atoms with E-state index in [0.717, 1.165) is 28.4 Å². The fourth-order valence-corrected chi connectivity index (χ4v) is 3.22. The molecule has 0 aliphatic heterocycles. The van der Waals surface area contributed by atoms with Gasteiger partial charge in [0.25, 0.3) is 0 Å². The quantitative estimate of drug-likeness (QED) is 0.786. The fourth-order valence-electron chi connectivity index (χ4n) is 2.25. The molecule has 0 amide bonds. The number of nitrogens with zero attached hydrogens (tertiary/aromatic N) is 4. The molecule has 3 aromatic rings. The SMILES string of the molecule is CCC(N)Cc1c(Sc2cnn(C)c2)nc2ccccn12. The number of fused-ring (bicyclic) bond motifs is 1. The summed E-state index contributed by atoms with van der Waals surface area (Å²) in [4.78, 5) is 5.83. The molecule has 3 heterocycles. The Labute approximate surface area is 128 Å². The van der Waals surface area contributed by atoms with Crippen LogP contribution in [0.1, 0.15) is 19.0 Å². The molecule has 0 saturated carbocycles. The van der Waals surface area contributed by atoms with Gasteiger partial charge in [0, 0.05) is 31.9 Å². The average molecular weight is 301 g/mol. The van der Waals surface area contributed by atoms with Crippen molar-refractivity contribution in [2.75, 3.05) is 0 Å². The molecule has 0 aromatic carbocycles. The molecular formula is C15H19N5S. The van der Waals surface area contributed by atoms with E-state index in [0.29, 0.717) is 0 Å². The lowest BCUT2D eigenvalue weighted by Crippen LogP contribution is -2.22. The number of aryl methyl sites for hydroxylation is 1. The number of imidazole rings is 1. The van der Waals surface area contributed by atoms with Gasteiger partial charge in [-0.1, -0.05) is 24.8 Å². The van der Waals surface area contributed by atoms with Gasteiger partial charge in [0.15, 0.2) is 0 Å². The molecule has 0 fully saturated rings. The van der Waals surface area contributed by atoms with Gasteiger partial charge in [0.1, 0.15) is 10.7 Å². The zero-order valence-electron chi connectivity index (χ0n) is 12.2.